The van der Waals surface area contributed by atoms with Gasteiger partial charge in [0.15, 0.2) is 11.6 Å². The SMILES string of the molecule is COc1ccc(C(=O)/C=C\[N-][C@@H]2CCCC[C@H]2[N-]/C=C\C(=O)c2ccc(OC)cc2)cc1.[Cu+2]. The number of hydrogen-bond acceptors (Lipinski definition) is 4. The summed E-state index contributed by atoms with van der Waals surface area (Å²) in [6.45, 7) is 0. The van der Waals surface area contributed by atoms with Gasteiger partial charge in [0, 0.05) is 11.1 Å². The van der Waals surface area contributed by atoms with E-state index in [1.165, 1.54) is 12.2 Å². The number of rotatable bonds is 10. The number of carbonyl (C=O) groups excluding carboxylic acids is 2. The molecular weight excluding hydrogens is 468 g/mol. The fourth-order valence-electron chi connectivity index (χ4n) is 3.59. The summed E-state index contributed by atoms with van der Waals surface area (Å²) in [5.74, 6) is 1.21. The third-order valence-corrected chi connectivity index (χ3v) is 5.45. The molecule has 0 amide bonds. The minimum atomic E-state index is -0.106. The Labute approximate surface area is 205 Å². The summed E-state index contributed by atoms with van der Waals surface area (Å²) in [5, 5.41) is 9.17. The van der Waals surface area contributed by atoms with E-state index in [2.05, 4.69) is 10.6 Å². The molecule has 33 heavy (non-hydrogen) atoms. The smallest absolute Gasteiger partial charge is 0.689 e. The van der Waals surface area contributed by atoms with Crippen LogP contribution < -0.4 is 9.47 Å². The molecule has 1 fully saturated rings. The Balaban J connectivity index is 0.00000385. The van der Waals surface area contributed by atoms with Gasteiger partial charge in [0.05, 0.1) is 14.2 Å². The maximum Gasteiger partial charge on any atom is 2.00 e. The Kier molecular flexibility index (Phi) is 10.7. The number of hydrogen-bond donors (Lipinski definition) is 0. The Hall–Kier alpha value is -3.02. The molecule has 1 aliphatic carbocycles. The van der Waals surface area contributed by atoms with Crippen molar-refractivity contribution in [2.75, 3.05) is 14.2 Å². The third-order valence-electron chi connectivity index (χ3n) is 5.45. The quantitative estimate of drug-likeness (QED) is 0.235. The molecule has 0 aromatic heterocycles. The molecule has 2 aromatic carbocycles. The fourth-order valence-corrected chi connectivity index (χ4v) is 3.59. The van der Waals surface area contributed by atoms with Crippen molar-refractivity contribution in [1.82, 2.24) is 0 Å². The number of allylic oxidation sites excluding steroid dienone is 2. The summed E-state index contributed by atoms with van der Waals surface area (Å²) in [6, 6.07) is 14.0. The van der Waals surface area contributed by atoms with Crippen LogP contribution in [0.3, 0.4) is 0 Å². The molecule has 7 heteroatoms. The molecule has 1 radical (unpaired) electrons. The molecule has 0 bridgehead atoms. The average Bonchev–Trinajstić information content (AvgIpc) is 2.85. The van der Waals surface area contributed by atoms with Gasteiger partial charge in [-0.05, 0) is 60.7 Å². The molecule has 3 rings (SSSR count). The summed E-state index contributed by atoms with van der Waals surface area (Å²) in [5.41, 5.74) is 1.17. The molecule has 177 valence electrons. The van der Waals surface area contributed by atoms with Crippen molar-refractivity contribution in [3.8, 4) is 11.5 Å². The van der Waals surface area contributed by atoms with E-state index in [4.69, 9.17) is 9.47 Å². The van der Waals surface area contributed by atoms with E-state index in [1.54, 1.807) is 75.2 Å². The van der Waals surface area contributed by atoms with Crippen molar-refractivity contribution < 1.29 is 36.1 Å². The number of ketones is 2. The second kappa shape index (κ2) is 13.5. The van der Waals surface area contributed by atoms with Gasteiger partial charge in [-0.1, -0.05) is 25.7 Å². The van der Waals surface area contributed by atoms with E-state index >= 15 is 0 Å². The second-order valence-corrected chi connectivity index (χ2v) is 7.53. The molecule has 6 nitrogen and oxygen atoms in total. The zero-order chi connectivity index (χ0) is 22.8. The van der Waals surface area contributed by atoms with Crippen LogP contribution in [-0.2, 0) is 17.1 Å². The predicted octanol–water partition coefficient (Wildman–Crippen LogP) is 5.85. The molecular formula is C26H28CuN2O4. The summed E-state index contributed by atoms with van der Waals surface area (Å²) in [6.07, 6.45) is 10.1. The van der Waals surface area contributed by atoms with E-state index in [-0.39, 0.29) is 40.7 Å². The van der Waals surface area contributed by atoms with Crippen LogP contribution in [0, 0.1) is 0 Å². The first-order valence-corrected chi connectivity index (χ1v) is 10.7. The standard InChI is InChI=1S/C26H30N2O4.Cu/c1-31-21-11-7-19(8-12-21)25(29)15-17-27-23-5-3-4-6-24(23)28-18-16-26(30)20-9-13-22(32-2)14-10-20;/h7-18,23-24H,3-6H2,1-2H3,(H2,27,28,29,30);/q;+2/p-2/t23-,24-;/m1./s1. The van der Waals surface area contributed by atoms with Crippen molar-refractivity contribution in [3.63, 3.8) is 0 Å². The van der Waals surface area contributed by atoms with Gasteiger partial charge in [0.25, 0.3) is 0 Å². The van der Waals surface area contributed by atoms with Crippen molar-refractivity contribution in [3.05, 3.63) is 94.8 Å². The average molecular weight is 496 g/mol. The summed E-state index contributed by atoms with van der Waals surface area (Å²) >= 11 is 0. The maximum atomic E-state index is 12.3. The largest absolute Gasteiger partial charge is 2.00 e. The number of benzene rings is 2. The van der Waals surface area contributed by atoms with Gasteiger partial charge < -0.3 is 20.1 Å². The van der Waals surface area contributed by atoms with Gasteiger partial charge >= 0.3 is 17.1 Å². The molecule has 0 aliphatic heterocycles. The van der Waals surface area contributed by atoms with Gasteiger partial charge in [-0.2, -0.15) is 12.4 Å². The van der Waals surface area contributed by atoms with Crippen molar-refractivity contribution in [1.29, 1.82) is 0 Å². The van der Waals surface area contributed by atoms with Crippen LogP contribution in [0.1, 0.15) is 46.4 Å². The monoisotopic (exact) mass is 495 g/mol. The van der Waals surface area contributed by atoms with E-state index in [1.807, 2.05) is 0 Å². The number of carbonyl (C=O) groups is 2. The van der Waals surface area contributed by atoms with Crippen molar-refractivity contribution in [2.24, 2.45) is 0 Å². The first-order chi connectivity index (χ1) is 15.6. The van der Waals surface area contributed by atoms with Crippen LogP contribution in [0.4, 0.5) is 0 Å². The molecule has 1 aliphatic rings. The summed E-state index contributed by atoms with van der Waals surface area (Å²) in [4.78, 5) is 24.6. The van der Waals surface area contributed by atoms with Crippen LogP contribution in [0.25, 0.3) is 10.6 Å². The normalized spacial score (nSPS) is 17.9. The molecule has 0 unspecified atom stereocenters. The van der Waals surface area contributed by atoms with E-state index in [9.17, 15) is 9.59 Å². The first-order valence-electron chi connectivity index (χ1n) is 10.7. The van der Waals surface area contributed by atoms with Crippen molar-refractivity contribution in [2.45, 2.75) is 37.8 Å². The minimum absolute atomic E-state index is 0. The topological polar surface area (TPSA) is 80.8 Å². The number of nitrogens with zero attached hydrogens (tertiary/aromatic N) is 2. The molecule has 0 spiro atoms. The minimum Gasteiger partial charge on any atom is -0.689 e. The second-order valence-electron chi connectivity index (χ2n) is 7.53. The maximum absolute atomic E-state index is 12.3. The summed E-state index contributed by atoms with van der Waals surface area (Å²) < 4.78 is 10.2. The number of ether oxygens (including phenoxy) is 2. The fraction of sp³-hybridized carbons (Fsp3) is 0.308. The van der Waals surface area contributed by atoms with Gasteiger partial charge in [-0.3, -0.25) is 9.59 Å². The first kappa shape index (κ1) is 26.2. The van der Waals surface area contributed by atoms with Gasteiger partial charge in [-0.25, -0.2) is 0 Å². The summed E-state index contributed by atoms with van der Waals surface area (Å²) in [7, 11) is 3.18. The van der Waals surface area contributed by atoms with Crippen LogP contribution in [-0.4, -0.2) is 37.9 Å². The molecule has 1 saturated carbocycles. The molecule has 0 saturated heterocycles. The third kappa shape index (κ3) is 7.81. The van der Waals surface area contributed by atoms with Gasteiger partial charge in [0.1, 0.15) is 11.5 Å². The van der Waals surface area contributed by atoms with Gasteiger partial charge in [0.2, 0.25) is 0 Å². The molecule has 2 aromatic rings. The van der Waals surface area contributed by atoms with Gasteiger partial charge in [-0.15, -0.1) is 12.1 Å². The van der Waals surface area contributed by atoms with E-state index < -0.39 is 0 Å². The number of methoxy groups -OCH3 is 2. The Morgan fingerprint density at radius 2 is 1.09 bits per heavy atom. The Bertz CT molecular complexity index is 876. The van der Waals surface area contributed by atoms with E-state index in [0.717, 1.165) is 25.7 Å². The van der Waals surface area contributed by atoms with Crippen molar-refractivity contribution >= 4 is 11.6 Å². The zero-order valence-corrected chi connectivity index (χ0v) is 19.7. The Morgan fingerprint density at radius 3 is 1.42 bits per heavy atom. The molecule has 2 atom stereocenters. The van der Waals surface area contributed by atoms with Crippen LogP contribution in [0.5, 0.6) is 11.5 Å². The molecule has 0 heterocycles. The van der Waals surface area contributed by atoms with E-state index in [0.29, 0.717) is 22.6 Å². The Morgan fingerprint density at radius 1 is 0.727 bits per heavy atom. The zero-order valence-electron chi connectivity index (χ0n) is 18.7. The predicted molar refractivity (Wildman–Crippen MR) is 126 cm³/mol. The van der Waals surface area contributed by atoms with Crippen LogP contribution in [0.2, 0.25) is 0 Å². The molecule has 0 N–H and O–H groups in total. The van der Waals surface area contributed by atoms with Crippen LogP contribution >= 0.6 is 0 Å². The van der Waals surface area contributed by atoms with Crippen LogP contribution in [0.15, 0.2) is 73.1 Å².